The van der Waals surface area contributed by atoms with Crippen LogP contribution >= 0.6 is 24.0 Å². The first-order valence-electron chi connectivity index (χ1n) is 8.70. The second-order valence-electron chi connectivity index (χ2n) is 5.56. The number of benzene rings is 1. The Bertz CT molecular complexity index is 651. The topological polar surface area (TPSA) is 61.3 Å². The number of guanidine groups is 1. The standard InChI is InChI=1S/C19H26FN5.HI/c1-2-21-19(25-15-16-9-3-4-10-17(16)20)24-14-8-7-13-23-18-11-5-6-12-22-18;/h3-6,9-12H,2,7-8,13-15H2,1H3,(H,22,23)(H2,21,24,25);1H. The maximum atomic E-state index is 13.6. The van der Waals surface area contributed by atoms with Crippen molar-refractivity contribution in [2.45, 2.75) is 26.3 Å². The first-order valence-corrected chi connectivity index (χ1v) is 8.70. The SMILES string of the molecule is CCNC(=NCc1ccccc1F)NCCCCNc1ccccn1.I. The summed E-state index contributed by atoms with van der Waals surface area (Å²) in [5.74, 6) is 1.39. The molecular formula is C19H27FIN5. The molecule has 0 bridgehead atoms. The number of nitrogens with zero attached hydrogens (tertiary/aromatic N) is 2. The molecule has 0 saturated carbocycles. The van der Waals surface area contributed by atoms with Gasteiger partial charge in [0.15, 0.2) is 5.96 Å². The van der Waals surface area contributed by atoms with Gasteiger partial charge in [-0.2, -0.15) is 0 Å². The number of aliphatic imine (C=N–C) groups is 1. The van der Waals surface area contributed by atoms with Gasteiger partial charge in [-0.1, -0.05) is 24.3 Å². The van der Waals surface area contributed by atoms with Crippen molar-refractivity contribution < 1.29 is 4.39 Å². The number of hydrogen-bond donors (Lipinski definition) is 3. The molecule has 1 aromatic heterocycles. The van der Waals surface area contributed by atoms with E-state index in [4.69, 9.17) is 0 Å². The first-order chi connectivity index (χ1) is 12.3. The highest BCUT2D eigenvalue weighted by Gasteiger charge is 2.01. The van der Waals surface area contributed by atoms with Gasteiger partial charge in [-0.3, -0.25) is 0 Å². The molecule has 0 unspecified atom stereocenters. The summed E-state index contributed by atoms with van der Waals surface area (Å²) < 4.78 is 13.6. The van der Waals surface area contributed by atoms with Crippen molar-refractivity contribution in [3.63, 3.8) is 0 Å². The minimum absolute atomic E-state index is 0. The zero-order valence-electron chi connectivity index (χ0n) is 15.0. The molecule has 2 rings (SSSR count). The van der Waals surface area contributed by atoms with Crippen LogP contribution in [0.15, 0.2) is 53.7 Å². The van der Waals surface area contributed by atoms with Crippen LogP contribution in [0.2, 0.25) is 0 Å². The average molecular weight is 471 g/mol. The van der Waals surface area contributed by atoms with E-state index < -0.39 is 0 Å². The number of anilines is 1. The van der Waals surface area contributed by atoms with E-state index in [0.717, 1.165) is 38.3 Å². The van der Waals surface area contributed by atoms with Crippen LogP contribution in [0.4, 0.5) is 10.2 Å². The Balaban J connectivity index is 0.00000338. The summed E-state index contributed by atoms with van der Waals surface area (Å²) in [5, 5.41) is 9.75. The van der Waals surface area contributed by atoms with Crippen LogP contribution in [-0.4, -0.2) is 30.6 Å². The number of hydrogen-bond acceptors (Lipinski definition) is 3. The van der Waals surface area contributed by atoms with E-state index in [9.17, 15) is 4.39 Å². The highest BCUT2D eigenvalue weighted by Crippen LogP contribution is 2.07. The third kappa shape index (κ3) is 8.46. The lowest BCUT2D eigenvalue weighted by molar-refractivity contribution is 0.610. The zero-order valence-corrected chi connectivity index (χ0v) is 17.4. The molecule has 2 aromatic rings. The van der Waals surface area contributed by atoms with Crippen molar-refractivity contribution in [2.24, 2.45) is 4.99 Å². The van der Waals surface area contributed by atoms with Gasteiger partial charge < -0.3 is 16.0 Å². The van der Waals surface area contributed by atoms with Crippen molar-refractivity contribution in [3.8, 4) is 0 Å². The van der Waals surface area contributed by atoms with Gasteiger partial charge in [-0.25, -0.2) is 14.4 Å². The van der Waals surface area contributed by atoms with Gasteiger partial charge in [0.2, 0.25) is 0 Å². The van der Waals surface area contributed by atoms with E-state index in [2.05, 4.69) is 25.9 Å². The molecule has 0 atom stereocenters. The average Bonchev–Trinajstić information content (AvgIpc) is 2.64. The van der Waals surface area contributed by atoms with Crippen LogP contribution in [0.1, 0.15) is 25.3 Å². The summed E-state index contributed by atoms with van der Waals surface area (Å²) in [7, 11) is 0. The second kappa shape index (κ2) is 13.3. The summed E-state index contributed by atoms with van der Waals surface area (Å²) in [6.45, 7) is 4.79. The quantitative estimate of drug-likeness (QED) is 0.226. The fourth-order valence-electron chi connectivity index (χ4n) is 2.27. The van der Waals surface area contributed by atoms with Crippen LogP contribution in [0.25, 0.3) is 0 Å². The summed E-state index contributed by atoms with van der Waals surface area (Å²) >= 11 is 0. The maximum absolute atomic E-state index is 13.6. The lowest BCUT2D eigenvalue weighted by Gasteiger charge is -2.11. The first kappa shape index (κ1) is 22.1. The summed E-state index contributed by atoms with van der Waals surface area (Å²) in [6, 6.07) is 12.5. The van der Waals surface area contributed by atoms with Crippen molar-refractivity contribution in [1.82, 2.24) is 15.6 Å². The molecule has 142 valence electrons. The van der Waals surface area contributed by atoms with E-state index in [1.165, 1.54) is 6.07 Å². The number of halogens is 2. The Kier molecular flexibility index (Phi) is 11.3. The molecule has 1 aromatic carbocycles. The van der Waals surface area contributed by atoms with Crippen LogP contribution in [0.5, 0.6) is 0 Å². The highest BCUT2D eigenvalue weighted by molar-refractivity contribution is 14.0. The van der Waals surface area contributed by atoms with Crippen LogP contribution in [0.3, 0.4) is 0 Å². The monoisotopic (exact) mass is 471 g/mol. The molecule has 0 aliphatic carbocycles. The molecule has 0 aliphatic heterocycles. The Morgan fingerprint density at radius 2 is 1.81 bits per heavy atom. The van der Waals surface area contributed by atoms with Gasteiger partial charge in [0.1, 0.15) is 11.6 Å². The number of unbranched alkanes of at least 4 members (excludes halogenated alkanes) is 1. The predicted molar refractivity (Wildman–Crippen MR) is 117 cm³/mol. The molecule has 26 heavy (non-hydrogen) atoms. The molecule has 1 heterocycles. The molecule has 0 spiro atoms. The van der Waals surface area contributed by atoms with Crippen LogP contribution in [-0.2, 0) is 6.54 Å². The van der Waals surface area contributed by atoms with Crippen molar-refractivity contribution in [3.05, 3.63) is 60.0 Å². The van der Waals surface area contributed by atoms with Gasteiger partial charge >= 0.3 is 0 Å². The Labute approximate surface area is 171 Å². The summed E-state index contributed by atoms with van der Waals surface area (Å²) in [6.07, 6.45) is 3.80. The largest absolute Gasteiger partial charge is 0.370 e. The smallest absolute Gasteiger partial charge is 0.191 e. The fourth-order valence-corrected chi connectivity index (χ4v) is 2.27. The molecule has 3 N–H and O–H groups in total. The highest BCUT2D eigenvalue weighted by atomic mass is 127. The Morgan fingerprint density at radius 1 is 1.04 bits per heavy atom. The number of rotatable bonds is 9. The Morgan fingerprint density at radius 3 is 2.54 bits per heavy atom. The zero-order chi connectivity index (χ0) is 17.7. The second-order valence-corrected chi connectivity index (χ2v) is 5.56. The van der Waals surface area contributed by atoms with E-state index in [1.54, 1.807) is 18.3 Å². The molecule has 0 saturated heterocycles. The van der Waals surface area contributed by atoms with Gasteiger partial charge in [0.05, 0.1) is 6.54 Å². The van der Waals surface area contributed by atoms with Crippen molar-refractivity contribution in [1.29, 1.82) is 0 Å². The van der Waals surface area contributed by atoms with Crippen LogP contribution in [0, 0.1) is 5.82 Å². The lowest BCUT2D eigenvalue weighted by atomic mass is 10.2. The van der Waals surface area contributed by atoms with E-state index >= 15 is 0 Å². The molecular weight excluding hydrogens is 444 g/mol. The molecule has 0 aliphatic rings. The van der Waals surface area contributed by atoms with E-state index in [1.807, 2.05) is 31.2 Å². The minimum Gasteiger partial charge on any atom is -0.370 e. The number of pyridine rings is 1. The molecule has 0 fully saturated rings. The lowest BCUT2D eigenvalue weighted by Crippen LogP contribution is -2.37. The van der Waals surface area contributed by atoms with Crippen molar-refractivity contribution in [2.75, 3.05) is 25.0 Å². The van der Waals surface area contributed by atoms with Crippen molar-refractivity contribution >= 4 is 35.8 Å². The van der Waals surface area contributed by atoms with Crippen LogP contribution < -0.4 is 16.0 Å². The fraction of sp³-hybridized carbons (Fsp3) is 0.368. The predicted octanol–water partition coefficient (Wildman–Crippen LogP) is 3.79. The summed E-state index contributed by atoms with van der Waals surface area (Å²) in [4.78, 5) is 8.66. The van der Waals surface area contributed by atoms with Gasteiger partial charge in [0, 0.05) is 31.4 Å². The third-order valence-corrected chi connectivity index (χ3v) is 3.58. The van der Waals surface area contributed by atoms with E-state index in [-0.39, 0.29) is 29.8 Å². The minimum atomic E-state index is -0.220. The number of aromatic nitrogens is 1. The normalized spacial score (nSPS) is 10.8. The molecule has 0 amide bonds. The molecule has 7 heteroatoms. The van der Waals surface area contributed by atoms with Gasteiger partial charge in [0.25, 0.3) is 0 Å². The molecule has 0 radical (unpaired) electrons. The van der Waals surface area contributed by atoms with Gasteiger partial charge in [-0.15, -0.1) is 24.0 Å². The maximum Gasteiger partial charge on any atom is 0.191 e. The van der Waals surface area contributed by atoms with E-state index in [0.29, 0.717) is 18.1 Å². The Hall–Kier alpha value is -1.90. The third-order valence-electron chi connectivity index (χ3n) is 3.58. The summed E-state index contributed by atoms with van der Waals surface area (Å²) in [5.41, 5.74) is 0.597. The molecule has 5 nitrogen and oxygen atoms in total. The number of nitrogens with one attached hydrogen (secondary N) is 3. The van der Waals surface area contributed by atoms with Gasteiger partial charge in [-0.05, 0) is 38.0 Å².